The van der Waals surface area contributed by atoms with Gasteiger partial charge in [-0.25, -0.2) is 0 Å². The van der Waals surface area contributed by atoms with Crippen molar-refractivity contribution in [3.63, 3.8) is 0 Å². The summed E-state index contributed by atoms with van der Waals surface area (Å²) in [6.45, 7) is 11.4. The zero-order valence-corrected chi connectivity index (χ0v) is 23.9. The highest BCUT2D eigenvalue weighted by Gasteiger charge is 2.69. The van der Waals surface area contributed by atoms with Crippen molar-refractivity contribution in [1.82, 2.24) is 10.2 Å². The van der Waals surface area contributed by atoms with Gasteiger partial charge in [0, 0.05) is 18.4 Å². The molecule has 0 aromatic carbocycles. The van der Waals surface area contributed by atoms with Crippen LogP contribution in [0.2, 0.25) is 0 Å². The second-order valence-electron chi connectivity index (χ2n) is 15.0. The van der Waals surface area contributed by atoms with E-state index in [-0.39, 0.29) is 11.7 Å². The van der Waals surface area contributed by atoms with Crippen LogP contribution in [0.25, 0.3) is 0 Å². The summed E-state index contributed by atoms with van der Waals surface area (Å²) in [4.78, 5) is 14.4. The lowest BCUT2D eigenvalue weighted by molar-refractivity contribution is -0.273. The van der Waals surface area contributed by atoms with E-state index >= 15 is 0 Å². The number of rotatable bonds is 3. The first-order chi connectivity index (χ1) is 17.1. The Labute approximate surface area is 219 Å². The quantitative estimate of drug-likeness (QED) is 0.558. The maximum Gasteiger partial charge on any atom is 0.234 e. The van der Waals surface area contributed by atoms with Crippen molar-refractivity contribution < 1.29 is 14.3 Å². The highest BCUT2D eigenvalue weighted by Crippen LogP contribution is 2.71. The Morgan fingerprint density at radius 2 is 1.72 bits per heavy atom. The monoisotopic (exact) mass is 500 g/mol. The molecule has 1 amide bonds. The normalized spacial score (nSPS) is 54.0. The van der Waals surface area contributed by atoms with Gasteiger partial charge in [0.2, 0.25) is 5.91 Å². The third kappa shape index (κ3) is 3.84. The molecule has 2 heterocycles. The van der Waals surface area contributed by atoms with E-state index in [4.69, 9.17) is 9.47 Å². The Morgan fingerprint density at radius 3 is 2.44 bits per heavy atom. The number of hydrogen-bond donors (Lipinski definition) is 1. The molecule has 1 spiro atoms. The van der Waals surface area contributed by atoms with E-state index in [1.54, 1.807) is 0 Å². The summed E-state index contributed by atoms with van der Waals surface area (Å²) >= 11 is 0. The molecule has 0 unspecified atom stereocenters. The number of fused-ring (bicyclic) bond motifs is 7. The van der Waals surface area contributed by atoms with Gasteiger partial charge in [-0.15, -0.1) is 0 Å². The van der Waals surface area contributed by atoms with Crippen molar-refractivity contribution in [2.45, 2.75) is 110 Å². The molecular formula is C31H52N2O3. The van der Waals surface area contributed by atoms with Crippen molar-refractivity contribution in [3.8, 4) is 0 Å². The predicted molar refractivity (Wildman–Crippen MR) is 142 cm³/mol. The van der Waals surface area contributed by atoms with E-state index in [9.17, 15) is 4.79 Å². The lowest BCUT2D eigenvalue weighted by Gasteiger charge is -2.61. The molecule has 4 saturated carbocycles. The highest BCUT2D eigenvalue weighted by molar-refractivity contribution is 5.78. The number of carbonyl (C=O) groups excluding carboxylic acids is 1. The molecule has 36 heavy (non-hydrogen) atoms. The van der Waals surface area contributed by atoms with E-state index in [2.05, 4.69) is 33.0 Å². The SMILES string of the molecule is C[C@H]1CC[C@@]2(OC1)O[C@H]1C[C@H]3[C@@H]4CC[C@@H]5C[C@H](NC(=O)CN(C)C)CC[C@]5(C)[C@H]4CC[C@]3(C)[C@H]1[C@@H]2C. The van der Waals surface area contributed by atoms with Crippen LogP contribution in [0.3, 0.4) is 0 Å². The van der Waals surface area contributed by atoms with Crippen LogP contribution < -0.4 is 5.32 Å². The van der Waals surface area contributed by atoms with Crippen molar-refractivity contribution in [2.24, 2.45) is 52.3 Å². The van der Waals surface area contributed by atoms with Gasteiger partial charge in [-0.2, -0.15) is 0 Å². The van der Waals surface area contributed by atoms with Gasteiger partial charge >= 0.3 is 0 Å². The Kier molecular flexibility index (Phi) is 6.37. The summed E-state index contributed by atoms with van der Waals surface area (Å²) in [6, 6.07) is 0.371. The fourth-order valence-corrected chi connectivity index (χ4v) is 11.0. The number of hydrogen-bond acceptors (Lipinski definition) is 4. The van der Waals surface area contributed by atoms with Crippen LogP contribution in [0, 0.1) is 52.3 Å². The lowest BCUT2D eigenvalue weighted by Crippen LogP contribution is -2.56. The fraction of sp³-hybridized carbons (Fsp3) is 0.968. The van der Waals surface area contributed by atoms with Crippen LogP contribution in [0.15, 0.2) is 0 Å². The zero-order valence-electron chi connectivity index (χ0n) is 23.9. The van der Waals surface area contributed by atoms with E-state index in [1.807, 2.05) is 19.0 Å². The molecular weight excluding hydrogens is 448 g/mol. The summed E-state index contributed by atoms with van der Waals surface area (Å²) in [7, 11) is 3.95. The standard InChI is InChI=1S/C31H52N2O3/c1-19-9-14-31(35-18-19)20(2)28-26(36-31)16-25-23-8-7-21-15-22(32-27(34)17-33(5)6)10-12-29(21,3)24(23)11-13-30(25,28)4/h19-26,28H,7-18H2,1-6H3,(H,32,34)/t19-,20-,21+,22+,23+,24-,25-,26-,28-,29-,30-,31+/m0/s1. The smallest absolute Gasteiger partial charge is 0.234 e. The van der Waals surface area contributed by atoms with Gasteiger partial charge < -0.3 is 19.7 Å². The molecule has 0 aromatic rings. The van der Waals surface area contributed by atoms with Crippen molar-refractivity contribution in [3.05, 3.63) is 0 Å². The molecule has 6 rings (SSSR count). The number of nitrogens with zero attached hydrogens (tertiary/aromatic N) is 1. The van der Waals surface area contributed by atoms with Gasteiger partial charge in [-0.05, 0) is 118 Å². The molecule has 6 aliphatic rings. The average molecular weight is 501 g/mol. The summed E-state index contributed by atoms with van der Waals surface area (Å²) in [6.07, 6.45) is 13.1. The predicted octanol–water partition coefficient (Wildman–Crippen LogP) is 5.48. The Balaban J connectivity index is 1.15. The van der Waals surface area contributed by atoms with Gasteiger partial charge in [-0.3, -0.25) is 4.79 Å². The number of amides is 1. The van der Waals surface area contributed by atoms with E-state index < -0.39 is 0 Å². The third-order valence-electron chi connectivity index (χ3n) is 12.8. The molecule has 2 aliphatic heterocycles. The highest BCUT2D eigenvalue weighted by atomic mass is 16.7. The molecule has 5 nitrogen and oxygen atoms in total. The molecule has 0 bridgehead atoms. The molecule has 6 fully saturated rings. The summed E-state index contributed by atoms with van der Waals surface area (Å²) in [5.74, 6) is 5.00. The molecule has 4 aliphatic carbocycles. The van der Waals surface area contributed by atoms with E-state index in [0.29, 0.717) is 47.3 Å². The van der Waals surface area contributed by atoms with Crippen LogP contribution >= 0.6 is 0 Å². The van der Waals surface area contributed by atoms with Gasteiger partial charge in [-0.1, -0.05) is 27.7 Å². The molecule has 5 heteroatoms. The van der Waals surface area contributed by atoms with Crippen LogP contribution in [-0.2, 0) is 14.3 Å². The van der Waals surface area contributed by atoms with Gasteiger partial charge in [0.15, 0.2) is 5.79 Å². The number of carbonyl (C=O) groups is 1. The van der Waals surface area contributed by atoms with Crippen LogP contribution in [0.4, 0.5) is 0 Å². The van der Waals surface area contributed by atoms with Crippen LogP contribution in [-0.4, -0.2) is 56.0 Å². The first kappa shape index (κ1) is 25.6. The minimum atomic E-state index is -0.300. The summed E-state index contributed by atoms with van der Waals surface area (Å²) < 4.78 is 13.5. The minimum Gasteiger partial charge on any atom is -0.352 e. The Bertz CT molecular complexity index is 853. The van der Waals surface area contributed by atoms with E-state index in [1.165, 1.54) is 51.4 Å². The first-order valence-corrected chi connectivity index (χ1v) is 15.3. The third-order valence-corrected chi connectivity index (χ3v) is 12.8. The van der Waals surface area contributed by atoms with Gasteiger partial charge in [0.1, 0.15) is 0 Å². The van der Waals surface area contributed by atoms with E-state index in [0.717, 1.165) is 43.1 Å². The van der Waals surface area contributed by atoms with Crippen molar-refractivity contribution in [2.75, 3.05) is 27.2 Å². The molecule has 0 radical (unpaired) electrons. The maximum absolute atomic E-state index is 12.4. The second-order valence-corrected chi connectivity index (χ2v) is 15.0. The summed E-state index contributed by atoms with van der Waals surface area (Å²) in [5, 5.41) is 3.37. The number of ether oxygens (including phenoxy) is 2. The second kappa shape index (κ2) is 8.95. The van der Waals surface area contributed by atoms with Crippen molar-refractivity contribution >= 4 is 5.91 Å². The molecule has 2 saturated heterocycles. The lowest BCUT2D eigenvalue weighted by atomic mass is 9.44. The average Bonchev–Trinajstić information content (AvgIpc) is 3.26. The molecule has 1 N–H and O–H groups in total. The fourth-order valence-electron chi connectivity index (χ4n) is 11.0. The Hall–Kier alpha value is -0.650. The minimum absolute atomic E-state index is 0.191. The zero-order chi connectivity index (χ0) is 25.5. The van der Waals surface area contributed by atoms with Crippen LogP contribution in [0.5, 0.6) is 0 Å². The topological polar surface area (TPSA) is 50.8 Å². The molecule has 204 valence electrons. The largest absolute Gasteiger partial charge is 0.352 e. The Morgan fingerprint density at radius 1 is 0.944 bits per heavy atom. The number of nitrogens with one attached hydrogen (secondary N) is 1. The molecule has 0 aromatic heterocycles. The number of likely N-dealkylation sites (N-methyl/N-ethyl adjacent to an activating group) is 1. The van der Waals surface area contributed by atoms with Crippen molar-refractivity contribution in [1.29, 1.82) is 0 Å². The van der Waals surface area contributed by atoms with Gasteiger partial charge in [0.05, 0.1) is 19.3 Å². The maximum atomic E-state index is 12.4. The first-order valence-electron chi connectivity index (χ1n) is 15.3. The summed E-state index contributed by atoms with van der Waals surface area (Å²) in [5.41, 5.74) is 0.850. The van der Waals surface area contributed by atoms with Crippen LogP contribution in [0.1, 0.15) is 91.9 Å². The van der Waals surface area contributed by atoms with Gasteiger partial charge in [0.25, 0.3) is 0 Å². The molecule has 12 atom stereocenters.